The van der Waals surface area contributed by atoms with Crippen molar-refractivity contribution < 1.29 is 22.7 Å². The maximum Gasteiger partial charge on any atom is 0.283 e. The van der Waals surface area contributed by atoms with Crippen molar-refractivity contribution in [2.24, 2.45) is 10.1 Å². The van der Waals surface area contributed by atoms with Crippen LogP contribution in [0.1, 0.15) is 17.3 Å². The van der Waals surface area contributed by atoms with Gasteiger partial charge in [-0.3, -0.25) is 4.79 Å². The molecule has 0 aliphatic carbocycles. The second-order valence-corrected chi connectivity index (χ2v) is 9.79. The minimum absolute atomic E-state index is 0.00211. The van der Waals surface area contributed by atoms with E-state index < -0.39 is 15.9 Å². The van der Waals surface area contributed by atoms with Crippen molar-refractivity contribution in [1.29, 1.82) is 0 Å². The summed E-state index contributed by atoms with van der Waals surface area (Å²) in [7, 11) is -2.34. The number of nitrogens with zero attached hydrogens (tertiary/aromatic N) is 2. The van der Waals surface area contributed by atoms with E-state index in [1.54, 1.807) is 12.1 Å². The van der Waals surface area contributed by atoms with Gasteiger partial charge in [-0.1, -0.05) is 35.6 Å². The molecule has 33 heavy (non-hydrogen) atoms. The fraction of sp³-hybridized carbons (Fsp3) is 0.217. The van der Waals surface area contributed by atoms with Crippen LogP contribution >= 0.6 is 11.3 Å². The Morgan fingerprint density at radius 3 is 2.52 bits per heavy atom. The van der Waals surface area contributed by atoms with Crippen LogP contribution in [0.2, 0.25) is 0 Å². The predicted octanol–water partition coefficient (Wildman–Crippen LogP) is 3.29. The van der Waals surface area contributed by atoms with Crippen molar-refractivity contribution in [3.8, 4) is 5.75 Å². The Balaban J connectivity index is 1.86. The summed E-state index contributed by atoms with van der Waals surface area (Å²) in [5.74, 6) is -0.0260. The molecule has 4 rings (SSSR count). The average molecular weight is 486 g/mol. The number of aromatic nitrogens is 1. The highest BCUT2D eigenvalue weighted by Crippen LogP contribution is 2.27. The van der Waals surface area contributed by atoms with Gasteiger partial charge in [0.2, 0.25) is 10.0 Å². The molecule has 3 aromatic carbocycles. The Bertz CT molecular complexity index is 1520. The number of carbonyl (C=O) groups excluding carboxylic acids is 1. The lowest BCUT2D eigenvalue weighted by molar-refractivity contribution is 0.0994. The SMILES string of the molecule is CCOCCn1c(=NC(=O)c2cc3ccccc3cc2OC)sc2cc(S(N)(=O)=O)ccc21. The summed E-state index contributed by atoms with van der Waals surface area (Å²) in [6.45, 7) is 3.32. The van der Waals surface area contributed by atoms with Gasteiger partial charge in [-0.05, 0) is 48.0 Å². The molecule has 4 aromatic rings. The Hall–Kier alpha value is -3.05. The van der Waals surface area contributed by atoms with Crippen LogP contribution in [0.15, 0.2) is 64.5 Å². The van der Waals surface area contributed by atoms with Crippen LogP contribution in [0, 0.1) is 0 Å². The molecule has 0 saturated carbocycles. The van der Waals surface area contributed by atoms with Gasteiger partial charge in [-0.2, -0.15) is 4.99 Å². The first-order valence-electron chi connectivity index (χ1n) is 10.2. The van der Waals surface area contributed by atoms with Gasteiger partial charge in [0.25, 0.3) is 5.91 Å². The molecule has 1 amide bonds. The molecule has 0 aliphatic heterocycles. The van der Waals surface area contributed by atoms with Crippen molar-refractivity contribution in [1.82, 2.24) is 4.57 Å². The molecule has 0 atom stereocenters. The number of rotatable bonds is 7. The average Bonchev–Trinajstić information content (AvgIpc) is 3.14. The number of sulfonamides is 1. The van der Waals surface area contributed by atoms with Crippen LogP contribution < -0.4 is 14.7 Å². The van der Waals surface area contributed by atoms with E-state index >= 15 is 0 Å². The normalized spacial score (nSPS) is 12.5. The highest BCUT2D eigenvalue weighted by atomic mass is 32.2. The van der Waals surface area contributed by atoms with E-state index in [0.29, 0.717) is 40.6 Å². The Kier molecular flexibility index (Phi) is 6.61. The molecular formula is C23H23N3O5S2. The third kappa shape index (κ3) is 4.83. The van der Waals surface area contributed by atoms with E-state index in [2.05, 4.69) is 4.99 Å². The summed E-state index contributed by atoms with van der Waals surface area (Å²) in [5.41, 5.74) is 1.08. The Morgan fingerprint density at radius 1 is 1.12 bits per heavy atom. The molecule has 0 spiro atoms. The molecule has 0 fully saturated rings. The van der Waals surface area contributed by atoms with Crippen LogP contribution in [-0.4, -0.2) is 39.2 Å². The highest BCUT2D eigenvalue weighted by molar-refractivity contribution is 7.89. The van der Waals surface area contributed by atoms with Crippen molar-refractivity contribution in [2.45, 2.75) is 18.4 Å². The lowest BCUT2D eigenvalue weighted by Crippen LogP contribution is -2.20. The second-order valence-electron chi connectivity index (χ2n) is 7.22. The van der Waals surface area contributed by atoms with Gasteiger partial charge in [-0.15, -0.1) is 0 Å². The number of ether oxygens (including phenoxy) is 2. The Morgan fingerprint density at radius 2 is 1.85 bits per heavy atom. The van der Waals surface area contributed by atoms with Crippen molar-refractivity contribution in [2.75, 3.05) is 20.3 Å². The number of thiazole rings is 1. The standard InChI is InChI=1S/C23H23N3O5S2/c1-3-31-11-10-26-19-9-8-17(33(24,28)29)14-21(19)32-23(26)25-22(27)18-12-15-6-4-5-7-16(15)13-20(18)30-2/h4-9,12-14H,3,10-11H2,1-2H3,(H2,24,28,29). The first-order valence-corrected chi connectivity index (χ1v) is 12.6. The summed E-state index contributed by atoms with van der Waals surface area (Å²) in [6.07, 6.45) is 0. The monoisotopic (exact) mass is 485 g/mol. The smallest absolute Gasteiger partial charge is 0.283 e. The number of primary sulfonamides is 1. The third-order valence-corrected chi connectivity index (χ3v) is 7.09. The van der Waals surface area contributed by atoms with Crippen LogP contribution in [0.25, 0.3) is 21.0 Å². The first kappa shape index (κ1) is 23.1. The van der Waals surface area contributed by atoms with E-state index in [0.717, 1.165) is 16.3 Å². The number of hydrogen-bond donors (Lipinski definition) is 1. The maximum atomic E-state index is 13.2. The van der Waals surface area contributed by atoms with Crippen LogP contribution in [0.5, 0.6) is 5.75 Å². The van der Waals surface area contributed by atoms with Gasteiger partial charge in [0.15, 0.2) is 4.80 Å². The van der Waals surface area contributed by atoms with Gasteiger partial charge in [0, 0.05) is 13.2 Å². The molecule has 0 saturated heterocycles. The lowest BCUT2D eigenvalue weighted by Gasteiger charge is -2.08. The number of amides is 1. The minimum atomic E-state index is -3.86. The second kappa shape index (κ2) is 9.44. The highest BCUT2D eigenvalue weighted by Gasteiger charge is 2.16. The van der Waals surface area contributed by atoms with Crippen molar-refractivity contribution >= 4 is 48.3 Å². The van der Waals surface area contributed by atoms with E-state index in [1.807, 2.05) is 41.8 Å². The molecule has 10 heteroatoms. The molecular weight excluding hydrogens is 462 g/mol. The van der Waals surface area contributed by atoms with Gasteiger partial charge in [-0.25, -0.2) is 13.6 Å². The topological polar surface area (TPSA) is 113 Å². The summed E-state index contributed by atoms with van der Waals surface area (Å²) in [6, 6.07) is 15.9. The molecule has 2 N–H and O–H groups in total. The van der Waals surface area contributed by atoms with E-state index in [4.69, 9.17) is 14.6 Å². The van der Waals surface area contributed by atoms with Gasteiger partial charge in [0.1, 0.15) is 5.75 Å². The fourth-order valence-corrected chi connectivity index (χ4v) is 5.24. The van der Waals surface area contributed by atoms with Crippen molar-refractivity contribution in [3.05, 3.63) is 65.0 Å². The number of methoxy groups -OCH3 is 1. The zero-order valence-corrected chi connectivity index (χ0v) is 19.8. The molecule has 8 nitrogen and oxygen atoms in total. The van der Waals surface area contributed by atoms with Crippen molar-refractivity contribution in [3.63, 3.8) is 0 Å². The zero-order valence-electron chi connectivity index (χ0n) is 18.1. The van der Waals surface area contributed by atoms with Gasteiger partial charge < -0.3 is 14.0 Å². The summed E-state index contributed by atoms with van der Waals surface area (Å²) in [4.78, 5) is 18.0. The zero-order chi connectivity index (χ0) is 23.6. The molecule has 0 radical (unpaired) electrons. The number of fused-ring (bicyclic) bond motifs is 2. The summed E-state index contributed by atoms with van der Waals surface area (Å²) < 4.78 is 37.0. The number of benzene rings is 3. The Labute approximate surface area is 194 Å². The van der Waals surface area contributed by atoms with E-state index in [-0.39, 0.29) is 4.90 Å². The summed E-state index contributed by atoms with van der Waals surface area (Å²) >= 11 is 1.21. The maximum absolute atomic E-state index is 13.2. The molecule has 1 heterocycles. The quantitative estimate of drug-likeness (QED) is 0.404. The van der Waals surface area contributed by atoms with Gasteiger partial charge >= 0.3 is 0 Å². The third-order valence-electron chi connectivity index (χ3n) is 5.14. The van der Waals surface area contributed by atoms with Crippen LogP contribution in [0.3, 0.4) is 0 Å². The summed E-state index contributed by atoms with van der Waals surface area (Å²) in [5, 5.41) is 7.14. The van der Waals surface area contributed by atoms with E-state index in [1.165, 1.54) is 30.6 Å². The fourth-order valence-electron chi connectivity index (χ4n) is 3.53. The molecule has 0 aliphatic rings. The van der Waals surface area contributed by atoms with Crippen LogP contribution in [-0.2, 0) is 21.3 Å². The lowest BCUT2D eigenvalue weighted by atomic mass is 10.1. The predicted molar refractivity (Wildman–Crippen MR) is 128 cm³/mol. The minimum Gasteiger partial charge on any atom is -0.496 e. The number of hydrogen-bond acceptors (Lipinski definition) is 6. The number of carbonyl (C=O) groups is 1. The molecule has 1 aromatic heterocycles. The number of nitrogens with two attached hydrogens (primary N) is 1. The molecule has 172 valence electrons. The van der Waals surface area contributed by atoms with Gasteiger partial charge in [0.05, 0.1) is 34.4 Å². The molecule has 0 bridgehead atoms. The van der Waals surface area contributed by atoms with Crippen LogP contribution in [0.4, 0.5) is 0 Å². The van der Waals surface area contributed by atoms with E-state index in [9.17, 15) is 13.2 Å². The largest absolute Gasteiger partial charge is 0.496 e. The first-order chi connectivity index (χ1) is 15.8. The molecule has 0 unspecified atom stereocenters.